The Balaban J connectivity index is 1.73. The Hall–Kier alpha value is -2.75. The van der Waals surface area contributed by atoms with Gasteiger partial charge in [0.05, 0.1) is 12.1 Å². The molecule has 1 aromatic heterocycles. The van der Waals surface area contributed by atoms with Crippen molar-refractivity contribution in [3.8, 4) is 0 Å². The summed E-state index contributed by atoms with van der Waals surface area (Å²) in [4.78, 5) is 18.8. The molecule has 0 aliphatic rings. The molecule has 3 aromatic rings. The number of ether oxygens (including phenoxy) is 1. The Labute approximate surface area is 201 Å². The molecule has 2 aromatic carbocycles. The number of nitrogens with zero attached hydrogens (tertiary/aromatic N) is 2. The number of halogens is 3. The van der Waals surface area contributed by atoms with Crippen LogP contribution in [0.4, 0.5) is 13.2 Å². The zero-order valence-corrected chi connectivity index (χ0v) is 20.0. The lowest BCUT2D eigenvalue weighted by molar-refractivity contribution is -0.137. The van der Waals surface area contributed by atoms with Crippen molar-refractivity contribution in [3.05, 3.63) is 86.9 Å². The molecule has 0 aliphatic carbocycles. The molecule has 0 fully saturated rings. The monoisotopic (exact) mass is 491 g/mol. The molecule has 0 spiro atoms. The molecule has 1 amide bonds. The Morgan fingerprint density at radius 3 is 2.53 bits per heavy atom. The van der Waals surface area contributed by atoms with Gasteiger partial charge in [-0.3, -0.25) is 9.69 Å². The molecule has 1 heterocycles. The van der Waals surface area contributed by atoms with E-state index in [9.17, 15) is 18.0 Å². The van der Waals surface area contributed by atoms with Crippen molar-refractivity contribution < 1.29 is 22.7 Å². The van der Waals surface area contributed by atoms with Crippen LogP contribution in [0, 0.1) is 6.92 Å². The number of benzene rings is 2. The molecule has 182 valence electrons. The summed E-state index contributed by atoms with van der Waals surface area (Å²) in [6.45, 7) is 4.32. The first kappa shape index (κ1) is 25.9. The molecule has 0 aliphatic heterocycles. The SMILES string of the molecule is COCCCNC(=O)c1csc(CN(Cc2ccc(C)cc2)Cc2cccc(C(F)(F)F)c2)n1. The van der Waals surface area contributed by atoms with Crippen LogP contribution in [0.1, 0.15) is 44.2 Å². The largest absolute Gasteiger partial charge is 0.416 e. The summed E-state index contributed by atoms with van der Waals surface area (Å²) in [5, 5.41) is 5.24. The van der Waals surface area contributed by atoms with E-state index in [-0.39, 0.29) is 5.91 Å². The number of alkyl halides is 3. The van der Waals surface area contributed by atoms with Crippen LogP contribution in [0.5, 0.6) is 0 Å². The molecule has 0 bridgehead atoms. The van der Waals surface area contributed by atoms with E-state index in [0.717, 1.165) is 22.2 Å². The molecular weight excluding hydrogens is 463 g/mol. The standard InChI is InChI=1S/C25H28F3N3O2S/c1-18-7-9-19(10-8-18)14-31(15-20-5-3-6-21(13-20)25(26,27)28)16-23-30-22(17-34-23)24(32)29-11-4-12-33-2/h3,5-10,13,17H,4,11-12,14-16H2,1-2H3,(H,29,32). The first-order valence-corrected chi connectivity index (χ1v) is 11.8. The molecule has 34 heavy (non-hydrogen) atoms. The highest BCUT2D eigenvalue weighted by atomic mass is 32.1. The molecule has 0 atom stereocenters. The maximum Gasteiger partial charge on any atom is 0.416 e. The summed E-state index contributed by atoms with van der Waals surface area (Å²) in [5.41, 5.74) is 2.42. The van der Waals surface area contributed by atoms with Gasteiger partial charge in [0, 0.05) is 38.7 Å². The Bertz CT molecular complexity index is 1070. The van der Waals surface area contributed by atoms with Crippen LogP contribution in [-0.2, 0) is 30.5 Å². The van der Waals surface area contributed by atoms with Crippen LogP contribution in [0.3, 0.4) is 0 Å². The number of methoxy groups -OCH3 is 1. The summed E-state index contributed by atoms with van der Waals surface area (Å²) >= 11 is 1.36. The van der Waals surface area contributed by atoms with Crippen molar-refractivity contribution in [3.63, 3.8) is 0 Å². The number of carbonyl (C=O) groups excluding carboxylic acids is 1. The van der Waals surface area contributed by atoms with Crippen molar-refractivity contribution in [1.82, 2.24) is 15.2 Å². The number of rotatable bonds is 11. The summed E-state index contributed by atoms with van der Waals surface area (Å²) < 4.78 is 44.5. The highest BCUT2D eigenvalue weighted by Gasteiger charge is 2.30. The van der Waals surface area contributed by atoms with E-state index in [4.69, 9.17) is 4.74 Å². The van der Waals surface area contributed by atoms with Crippen LogP contribution in [0.25, 0.3) is 0 Å². The van der Waals surface area contributed by atoms with Gasteiger partial charge in [0.15, 0.2) is 0 Å². The van der Waals surface area contributed by atoms with Crippen molar-refractivity contribution >= 4 is 17.2 Å². The molecule has 0 radical (unpaired) electrons. The molecule has 0 saturated carbocycles. The lowest BCUT2D eigenvalue weighted by atomic mass is 10.1. The van der Waals surface area contributed by atoms with Gasteiger partial charge in [-0.05, 0) is 30.5 Å². The van der Waals surface area contributed by atoms with Gasteiger partial charge in [-0.25, -0.2) is 4.98 Å². The van der Waals surface area contributed by atoms with Crippen LogP contribution in [0.15, 0.2) is 53.9 Å². The summed E-state index contributed by atoms with van der Waals surface area (Å²) in [6, 6.07) is 13.4. The fraction of sp³-hybridized carbons (Fsp3) is 0.360. The average molecular weight is 492 g/mol. The topological polar surface area (TPSA) is 54.5 Å². The smallest absolute Gasteiger partial charge is 0.385 e. The molecule has 0 unspecified atom stereocenters. The molecule has 0 saturated heterocycles. The number of thiazole rings is 1. The van der Waals surface area contributed by atoms with Gasteiger partial charge in [-0.1, -0.05) is 48.0 Å². The van der Waals surface area contributed by atoms with E-state index < -0.39 is 11.7 Å². The molecule has 5 nitrogen and oxygen atoms in total. The van der Waals surface area contributed by atoms with Crippen molar-refractivity contribution in [2.75, 3.05) is 20.3 Å². The predicted molar refractivity (Wildman–Crippen MR) is 127 cm³/mol. The van der Waals surface area contributed by atoms with Crippen LogP contribution < -0.4 is 5.32 Å². The van der Waals surface area contributed by atoms with E-state index >= 15 is 0 Å². The van der Waals surface area contributed by atoms with Gasteiger partial charge in [-0.15, -0.1) is 11.3 Å². The number of carbonyl (C=O) groups is 1. The van der Waals surface area contributed by atoms with Crippen LogP contribution in [-0.4, -0.2) is 36.1 Å². The number of aromatic nitrogens is 1. The van der Waals surface area contributed by atoms with E-state index in [1.165, 1.54) is 23.5 Å². The minimum absolute atomic E-state index is 0.249. The summed E-state index contributed by atoms with van der Waals surface area (Å²) in [6.07, 6.45) is -3.68. The number of hydrogen-bond acceptors (Lipinski definition) is 5. The van der Waals surface area contributed by atoms with Crippen molar-refractivity contribution in [2.24, 2.45) is 0 Å². The summed E-state index contributed by atoms with van der Waals surface area (Å²) in [5.74, 6) is -0.249. The zero-order valence-electron chi connectivity index (χ0n) is 19.2. The minimum atomic E-state index is -4.39. The lowest BCUT2D eigenvalue weighted by Crippen LogP contribution is -2.26. The maximum absolute atomic E-state index is 13.2. The fourth-order valence-corrected chi connectivity index (χ4v) is 4.23. The third kappa shape index (κ3) is 7.93. The molecule has 3 rings (SSSR count). The number of nitrogens with one attached hydrogen (secondary N) is 1. The van der Waals surface area contributed by atoms with Gasteiger partial charge >= 0.3 is 6.18 Å². The second kappa shape index (κ2) is 12.1. The number of hydrogen-bond donors (Lipinski definition) is 1. The fourth-order valence-electron chi connectivity index (χ4n) is 3.41. The molecule has 1 N–H and O–H groups in total. The van der Waals surface area contributed by atoms with E-state index in [1.807, 2.05) is 36.1 Å². The van der Waals surface area contributed by atoms with E-state index in [0.29, 0.717) is 50.5 Å². The Morgan fingerprint density at radius 1 is 1.09 bits per heavy atom. The first-order chi connectivity index (χ1) is 16.2. The summed E-state index contributed by atoms with van der Waals surface area (Å²) in [7, 11) is 1.61. The lowest BCUT2D eigenvalue weighted by Gasteiger charge is -2.22. The quantitative estimate of drug-likeness (QED) is 0.363. The van der Waals surface area contributed by atoms with Crippen LogP contribution in [0.2, 0.25) is 0 Å². The zero-order chi connectivity index (χ0) is 24.6. The molecule has 9 heteroatoms. The van der Waals surface area contributed by atoms with Gasteiger partial charge < -0.3 is 10.1 Å². The van der Waals surface area contributed by atoms with Crippen molar-refractivity contribution in [2.45, 2.75) is 39.2 Å². The van der Waals surface area contributed by atoms with Crippen molar-refractivity contribution in [1.29, 1.82) is 0 Å². The van der Waals surface area contributed by atoms with Gasteiger partial charge in [0.2, 0.25) is 0 Å². The highest BCUT2D eigenvalue weighted by Crippen LogP contribution is 2.30. The van der Waals surface area contributed by atoms with E-state index in [2.05, 4.69) is 10.3 Å². The normalized spacial score (nSPS) is 11.7. The van der Waals surface area contributed by atoms with Gasteiger partial charge in [-0.2, -0.15) is 13.2 Å². The third-order valence-corrected chi connectivity index (χ3v) is 5.97. The second-order valence-corrected chi connectivity index (χ2v) is 9.00. The minimum Gasteiger partial charge on any atom is -0.385 e. The van der Waals surface area contributed by atoms with Gasteiger partial charge in [0.1, 0.15) is 10.7 Å². The molecular formula is C25H28F3N3O2S. The predicted octanol–water partition coefficient (Wildman–Crippen LogP) is 5.44. The van der Waals surface area contributed by atoms with E-state index in [1.54, 1.807) is 18.6 Å². The Kier molecular flexibility index (Phi) is 9.20. The van der Waals surface area contributed by atoms with Crippen LogP contribution >= 0.6 is 11.3 Å². The highest BCUT2D eigenvalue weighted by molar-refractivity contribution is 7.09. The number of amides is 1. The first-order valence-electron chi connectivity index (χ1n) is 10.9. The van der Waals surface area contributed by atoms with Gasteiger partial charge in [0.25, 0.3) is 5.91 Å². The second-order valence-electron chi connectivity index (χ2n) is 8.06. The third-order valence-electron chi connectivity index (χ3n) is 5.14. The Morgan fingerprint density at radius 2 is 1.82 bits per heavy atom. The number of aryl methyl sites for hydroxylation is 1. The maximum atomic E-state index is 13.2. The average Bonchev–Trinajstić information content (AvgIpc) is 3.26.